The van der Waals surface area contributed by atoms with Crippen LogP contribution in [-0.4, -0.2) is 23.8 Å². The van der Waals surface area contributed by atoms with Gasteiger partial charge in [0.1, 0.15) is 0 Å². The zero-order chi connectivity index (χ0) is 14.5. The molecule has 20 heavy (non-hydrogen) atoms. The van der Waals surface area contributed by atoms with Gasteiger partial charge in [-0.3, -0.25) is 4.98 Å². The molecule has 1 unspecified atom stereocenters. The molecule has 0 aliphatic heterocycles. The van der Waals surface area contributed by atoms with Gasteiger partial charge < -0.3 is 14.6 Å². The van der Waals surface area contributed by atoms with Gasteiger partial charge in [-0.1, -0.05) is 6.07 Å². The summed E-state index contributed by atoms with van der Waals surface area (Å²) in [5.74, 6) is 0.0994. The average molecular weight is 301 g/mol. The third-order valence-corrected chi connectivity index (χ3v) is 3.47. The van der Waals surface area contributed by atoms with Crippen LogP contribution in [0.4, 0.5) is 8.78 Å². The van der Waals surface area contributed by atoms with E-state index in [1.165, 1.54) is 30.6 Å². The minimum atomic E-state index is -2.95. The van der Waals surface area contributed by atoms with Gasteiger partial charge >= 0.3 is 6.61 Å². The number of aliphatic hydroxyl groups is 1. The van der Waals surface area contributed by atoms with Crippen LogP contribution in [0.15, 0.2) is 29.9 Å². The molecule has 1 aromatic heterocycles. The van der Waals surface area contributed by atoms with Crippen LogP contribution in [0, 0.1) is 0 Å². The van der Waals surface area contributed by atoms with Crippen molar-refractivity contribution < 1.29 is 23.4 Å². The lowest BCUT2D eigenvalue weighted by molar-refractivity contribution is -0.0513. The topological polar surface area (TPSA) is 51.6 Å². The highest BCUT2D eigenvalue weighted by Crippen LogP contribution is 2.32. The Balaban J connectivity index is 2.18. The van der Waals surface area contributed by atoms with E-state index in [-0.39, 0.29) is 11.5 Å². The van der Waals surface area contributed by atoms with Crippen LogP contribution in [0.5, 0.6) is 11.5 Å². The molecule has 1 aromatic carbocycles. The van der Waals surface area contributed by atoms with Crippen LogP contribution < -0.4 is 9.47 Å². The van der Waals surface area contributed by atoms with E-state index in [0.29, 0.717) is 12.0 Å². The summed E-state index contributed by atoms with van der Waals surface area (Å²) in [7, 11) is 1.36. The third-order valence-electron chi connectivity index (χ3n) is 2.67. The SMILES string of the molecule is COc1ccc(C(O)Cc2cncs2)cc1OC(F)F. The van der Waals surface area contributed by atoms with Gasteiger partial charge in [0, 0.05) is 17.5 Å². The quantitative estimate of drug-likeness (QED) is 0.891. The summed E-state index contributed by atoms with van der Waals surface area (Å²) in [6.07, 6.45) is 1.21. The van der Waals surface area contributed by atoms with Crippen molar-refractivity contribution in [2.24, 2.45) is 0 Å². The second-order valence-corrected chi connectivity index (χ2v) is 4.95. The summed E-state index contributed by atoms with van der Waals surface area (Å²) in [5, 5.41) is 10.1. The van der Waals surface area contributed by atoms with Crippen LogP contribution in [0.25, 0.3) is 0 Å². The first-order chi connectivity index (χ1) is 9.60. The molecule has 2 rings (SSSR count). The number of hydrogen-bond acceptors (Lipinski definition) is 5. The van der Waals surface area contributed by atoms with Crippen molar-refractivity contribution in [2.75, 3.05) is 7.11 Å². The fourth-order valence-corrected chi connectivity index (χ4v) is 2.37. The molecular weight excluding hydrogens is 288 g/mol. The van der Waals surface area contributed by atoms with E-state index in [1.54, 1.807) is 17.8 Å². The lowest BCUT2D eigenvalue weighted by Crippen LogP contribution is -2.06. The standard InChI is InChI=1S/C13H13F2NO3S/c1-18-11-3-2-8(4-12(11)19-13(14)15)10(17)5-9-6-16-7-20-9/h2-4,6-7,10,13,17H,5H2,1H3. The number of halogens is 2. The van der Waals surface area contributed by atoms with Gasteiger partial charge in [0.2, 0.25) is 0 Å². The van der Waals surface area contributed by atoms with E-state index in [0.717, 1.165) is 4.88 Å². The zero-order valence-corrected chi connectivity index (χ0v) is 11.4. The monoisotopic (exact) mass is 301 g/mol. The van der Waals surface area contributed by atoms with Crippen molar-refractivity contribution in [3.63, 3.8) is 0 Å². The van der Waals surface area contributed by atoms with Gasteiger partial charge in [-0.2, -0.15) is 8.78 Å². The molecule has 0 bridgehead atoms. The minimum absolute atomic E-state index is 0.0941. The number of ether oxygens (including phenoxy) is 2. The zero-order valence-electron chi connectivity index (χ0n) is 10.6. The summed E-state index contributed by atoms with van der Waals surface area (Å²) in [4.78, 5) is 4.82. The number of hydrogen-bond donors (Lipinski definition) is 1. The van der Waals surface area contributed by atoms with Crippen LogP contribution in [0.1, 0.15) is 16.5 Å². The molecule has 108 valence electrons. The first kappa shape index (κ1) is 14.7. The number of methoxy groups -OCH3 is 1. The second-order valence-electron chi connectivity index (χ2n) is 3.98. The Kier molecular flexibility index (Phi) is 4.86. The van der Waals surface area contributed by atoms with Crippen molar-refractivity contribution in [1.82, 2.24) is 4.98 Å². The minimum Gasteiger partial charge on any atom is -0.493 e. The Hall–Kier alpha value is -1.73. The molecular formula is C13H13F2NO3S. The van der Waals surface area contributed by atoms with Crippen molar-refractivity contribution in [2.45, 2.75) is 19.1 Å². The van der Waals surface area contributed by atoms with Crippen molar-refractivity contribution in [3.8, 4) is 11.5 Å². The molecule has 0 aliphatic carbocycles. The molecule has 0 radical (unpaired) electrons. The predicted octanol–water partition coefficient (Wildman–Crippen LogP) is 3.03. The number of rotatable bonds is 6. The molecule has 2 aromatic rings. The number of alkyl halides is 2. The Morgan fingerprint density at radius 2 is 2.15 bits per heavy atom. The van der Waals surface area contributed by atoms with Gasteiger partial charge in [0.25, 0.3) is 0 Å². The van der Waals surface area contributed by atoms with E-state index in [4.69, 9.17) is 4.74 Å². The summed E-state index contributed by atoms with van der Waals surface area (Å²) in [5.41, 5.74) is 2.15. The smallest absolute Gasteiger partial charge is 0.387 e. The molecule has 1 N–H and O–H groups in total. The number of aromatic nitrogens is 1. The highest BCUT2D eigenvalue weighted by atomic mass is 32.1. The van der Waals surface area contributed by atoms with E-state index in [9.17, 15) is 13.9 Å². The molecule has 7 heteroatoms. The van der Waals surface area contributed by atoms with Crippen LogP contribution in [-0.2, 0) is 6.42 Å². The molecule has 4 nitrogen and oxygen atoms in total. The number of aliphatic hydroxyl groups excluding tert-OH is 1. The predicted molar refractivity (Wildman–Crippen MR) is 70.4 cm³/mol. The third kappa shape index (κ3) is 3.64. The number of thiazole rings is 1. The number of nitrogens with zero attached hydrogens (tertiary/aromatic N) is 1. The largest absolute Gasteiger partial charge is 0.493 e. The summed E-state index contributed by atoms with van der Waals surface area (Å²) in [6.45, 7) is -2.95. The van der Waals surface area contributed by atoms with Crippen LogP contribution >= 0.6 is 11.3 Å². The Bertz CT molecular complexity index is 549. The van der Waals surface area contributed by atoms with E-state index < -0.39 is 12.7 Å². The fraction of sp³-hybridized carbons (Fsp3) is 0.308. The Labute approximate surface area is 118 Å². The van der Waals surface area contributed by atoms with Gasteiger partial charge in [0.15, 0.2) is 11.5 Å². The maximum Gasteiger partial charge on any atom is 0.387 e. The summed E-state index contributed by atoms with van der Waals surface area (Å²) >= 11 is 1.42. The highest BCUT2D eigenvalue weighted by Gasteiger charge is 2.15. The van der Waals surface area contributed by atoms with Gasteiger partial charge in [-0.25, -0.2) is 0 Å². The highest BCUT2D eigenvalue weighted by molar-refractivity contribution is 7.09. The van der Waals surface area contributed by atoms with Crippen LogP contribution in [0.3, 0.4) is 0 Å². The Morgan fingerprint density at radius 1 is 1.35 bits per heavy atom. The average Bonchev–Trinajstić information content (AvgIpc) is 2.90. The molecule has 1 heterocycles. The van der Waals surface area contributed by atoms with Gasteiger partial charge in [0.05, 0.1) is 18.7 Å². The normalized spacial score (nSPS) is 12.4. The van der Waals surface area contributed by atoms with E-state index in [2.05, 4.69) is 9.72 Å². The number of benzene rings is 1. The van der Waals surface area contributed by atoms with Crippen molar-refractivity contribution in [1.29, 1.82) is 0 Å². The lowest BCUT2D eigenvalue weighted by Gasteiger charge is -2.14. The van der Waals surface area contributed by atoms with E-state index in [1.807, 2.05) is 0 Å². The maximum atomic E-state index is 12.3. The van der Waals surface area contributed by atoms with Gasteiger partial charge in [-0.15, -0.1) is 11.3 Å². The first-order valence-corrected chi connectivity index (χ1v) is 6.66. The first-order valence-electron chi connectivity index (χ1n) is 5.78. The Morgan fingerprint density at radius 3 is 2.75 bits per heavy atom. The van der Waals surface area contributed by atoms with Crippen LogP contribution in [0.2, 0.25) is 0 Å². The molecule has 0 fully saturated rings. The lowest BCUT2D eigenvalue weighted by atomic mass is 10.1. The van der Waals surface area contributed by atoms with Crippen molar-refractivity contribution in [3.05, 3.63) is 40.3 Å². The van der Waals surface area contributed by atoms with Gasteiger partial charge in [-0.05, 0) is 17.7 Å². The molecule has 0 aliphatic rings. The summed E-state index contributed by atoms with van der Waals surface area (Å²) in [6, 6.07) is 4.46. The molecule has 0 spiro atoms. The maximum absolute atomic E-state index is 12.3. The summed E-state index contributed by atoms with van der Waals surface area (Å²) < 4.78 is 34.0. The van der Waals surface area contributed by atoms with Crippen molar-refractivity contribution >= 4 is 11.3 Å². The second kappa shape index (κ2) is 6.62. The molecule has 0 saturated heterocycles. The van der Waals surface area contributed by atoms with E-state index >= 15 is 0 Å². The molecule has 0 saturated carbocycles. The molecule has 1 atom stereocenters. The molecule has 0 amide bonds. The fourth-order valence-electron chi connectivity index (χ4n) is 1.74.